The zero-order chi connectivity index (χ0) is 27.2. The zero-order valence-electron chi connectivity index (χ0n) is 21.6. The van der Waals surface area contributed by atoms with E-state index in [0.29, 0.717) is 28.5 Å². The molecule has 1 amide bonds. The highest BCUT2D eigenvalue weighted by molar-refractivity contribution is 5.68. The zero-order valence-corrected chi connectivity index (χ0v) is 21.6. The second kappa shape index (κ2) is 9.59. The Hall–Kier alpha value is -3.64. The number of nitrogens with one attached hydrogen (secondary N) is 1. The lowest BCUT2D eigenvalue weighted by Crippen LogP contribution is -2.52. The minimum absolute atomic E-state index is 0.0933. The van der Waals surface area contributed by atoms with E-state index in [-0.39, 0.29) is 38.3 Å². The van der Waals surface area contributed by atoms with Crippen molar-refractivity contribution in [1.29, 1.82) is 0 Å². The highest BCUT2D eigenvalue weighted by Crippen LogP contribution is 2.49. The maximum atomic E-state index is 14.8. The van der Waals surface area contributed by atoms with Gasteiger partial charge in [-0.1, -0.05) is 0 Å². The van der Waals surface area contributed by atoms with Crippen molar-refractivity contribution in [2.75, 3.05) is 25.5 Å². The molecule has 3 aromatic rings. The number of hydrogen-bond acceptors (Lipinski definition) is 8. The molecule has 10 nitrogen and oxygen atoms in total. The minimum Gasteiger partial charge on any atom is -0.495 e. The Labute approximate surface area is 217 Å². The maximum absolute atomic E-state index is 14.8. The first-order chi connectivity index (χ1) is 17.9. The predicted molar refractivity (Wildman–Crippen MR) is 132 cm³/mol. The summed E-state index contributed by atoms with van der Waals surface area (Å²) in [5.41, 5.74) is 1.20. The summed E-state index contributed by atoms with van der Waals surface area (Å²) < 4.78 is 54.2. The van der Waals surface area contributed by atoms with Crippen molar-refractivity contribution in [2.24, 2.45) is 0 Å². The number of hydrogen-bond donors (Lipinski definition) is 1. The van der Waals surface area contributed by atoms with Crippen LogP contribution in [-0.4, -0.2) is 79.5 Å². The average Bonchev–Trinajstić information content (AvgIpc) is 3.25. The summed E-state index contributed by atoms with van der Waals surface area (Å²) in [4.78, 5) is 27.1. The molecule has 2 aliphatic rings. The lowest BCUT2D eigenvalue weighted by Gasteiger charge is -2.36. The monoisotopic (exact) mass is 533 g/mol. The molecule has 0 unspecified atom stereocenters. The highest BCUT2D eigenvalue weighted by Gasteiger charge is 2.48. The molecule has 1 aliphatic carbocycles. The Morgan fingerprint density at radius 3 is 2.68 bits per heavy atom. The van der Waals surface area contributed by atoms with Crippen LogP contribution in [0.3, 0.4) is 0 Å². The molecule has 2 atom stereocenters. The van der Waals surface area contributed by atoms with Crippen LogP contribution in [0.2, 0.25) is 0 Å². The summed E-state index contributed by atoms with van der Waals surface area (Å²) in [6, 6.07) is 2.57. The Kier molecular flexibility index (Phi) is 6.56. The van der Waals surface area contributed by atoms with Gasteiger partial charge in [0.1, 0.15) is 28.9 Å². The lowest BCUT2D eigenvalue weighted by atomic mass is 9.79. The number of carbonyl (C=O) groups excluding carboxylic acids is 1. The number of carbonyl (C=O) groups is 1. The first kappa shape index (κ1) is 26.0. The van der Waals surface area contributed by atoms with E-state index in [0.717, 1.165) is 0 Å². The van der Waals surface area contributed by atoms with Gasteiger partial charge in [0, 0.05) is 44.1 Å². The van der Waals surface area contributed by atoms with E-state index in [4.69, 9.17) is 9.47 Å². The van der Waals surface area contributed by atoms with Crippen molar-refractivity contribution >= 4 is 17.7 Å². The quantitative estimate of drug-likeness (QED) is 0.512. The number of rotatable bonds is 5. The number of nitrogens with zero attached hydrogens (tertiary/aromatic N) is 6. The number of imidazole rings is 1. The van der Waals surface area contributed by atoms with Gasteiger partial charge in [-0.25, -0.2) is 37.4 Å². The molecule has 0 bridgehead atoms. The van der Waals surface area contributed by atoms with E-state index in [1.807, 2.05) is 0 Å². The van der Waals surface area contributed by atoms with E-state index >= 15 is 0 Å². The van der Waals surface area contributed by atoms with Crippen LogP contribution in [0.5, 0.6) is 5.75 Å². The van der Waals surface area contributed by atoms with Gasteiger partial charge >= 0.3 is 6.09 Å². The molecule has 38 heavy (non-hydrogen) atoms. The molecule has 0 aromatic carbocycles. The van der Waals surface area contributed by atoms with Gasteiger partial charge < -0.3 is 19.7 Å². The van der Waals surface area contributed by atoms with Crippen LogP contribution in [0.15, 0.2) is 24.5 Å². The SMILES string of the molecule is COc1cc2ncc(-c3ccnc(N[C@H]4CN(C(=O)OC(C)(C)C)CC[C@@H]4F)n3)n2nc1C1CC(F)(F)C1. The smallest absolute Gasteiger partial charge is 0.410 e. The van der Waals surface area contributed by atoms with Gasteiger partial charge in [-0.15, -0.1) is 0 Å². The largest absolute Gasteiger partial charge is 0.495 e. The van der Waals surface area contributed by atoms with Gasteiger partial charge in [0.2, 0.25) is 11.9 Å². The number of amides is 1. The number of piperidine rings is 1. The van der Waals surface area contributed by atoms with Crippen LogP contribution >= 0.6 is 0 Å². The molecule has 2 fully saturated rings. The standard InChI is InChI=1S/C25H30F3N7O3/c1-24(2,3)38-23(36)34-8-6-15(26)17(13-34)32-22-29-7-5-16(31-22)18-12-30-20-9-19(37-4)21(33-35(18)20)14-10-25(27,28)11-14/h5,7,9,12,14-15,17H,6,8,10-11,13H2,1-4H3,(H,29,31,32)/t15-,17-/m0/s1. The molecule has 204 valence electrons. The number of alkyl halides is 3. The molecular weight excluding hydrogens is 503 g/mol. The molecular formula is C25H30F3N7O3. The molecule has 5 rings (SSSR count). The van der Waals surface area contributed by atoms with Gasteiger partial charge in [0.15, 0.2) is 5.65 Å². The molecule has 1 saturated carbocycles. The normalized spacial score (nSPS) is 21.7. The second-order valence-electron chi connectivity index (χ2n) is 10.7. The second-order valence-corrected chi connectivity index (χ2v) is 10.7. The number of methoxy groups -OCH3 is 1. The van der Waals surface area contributed by atoms with Crippen LogP contribution in [0.25, 0.3) is 17.0 Å². The van der Waals surface area contributed by atoms with E-state index in [1.165, 1.54) is 22.7 Å². The van der Waals surface area contributed by atoms with Crippen LogP contribution in [-0.2, 0) is 4.74 Å². The Bertz CT molecular complexity index is 1340. The van der Waals surface area contributed by atoms with Crippen molar-refractivity contribution in [3.8, 4) is 17.1 Å². The third-order valence-electron chi connectivity index (χ3n) is 6.59. The van der Waals surface area contributed by atoms with Crippen molar-refractivity contribution < 1.29 is 27.4 Å². The Morgan fingerprint density at radius 1 is 1.24 bits per heavy atom. The number of ether oxygens (including phenoxy) is 2. The van der Waals surface area contributed by atoms with Crippen LogP contribution in [0.1, 0.15) is 51.6 Å². The molecule has 0 spiro atoms. The maximum Gasteiger partial charge on any atom is 0.410 e. The van der Waals surface area contributed by atoms with Crippen LogP contribution in [0, 0.1) is 0 Å². The third-order valence-corrected chi connectivity index (χ3v) is 6.59. The van der Waals surface area contributed by atoms with E-state index in [1.54, 1.807) is 39.1 Å². The number of fused-ring (bicyclic) bond motifs is 1. The van der Waals surface area contributed by atoms with Gasteiger partial charge in [0.25, 0.3) is 0 Å². The van der Waals surface area contributed by atoms with Crippen molar-refractivity contribution in [3.63, 3.8) is 0 Å². The summed E-state index contributed by atoms with van der Waals surface area (Å²) >= 11 is 0. The molecule has 1 N–H and O–H groups in total. The van der Waals surface area contributed by atoms with Crippen molar-refractivity contribution in [3.05, 3.63) is 30.2 Å². The number of likely N-dealkylation sites (tertiary alicyclic amines) is 1. The van der Waals surface area contributed by atoms with Gasteiger partial charge in [-0.3, -0.25) is 0 Å². The molecule has 13 heteroatoms. The predicted octanol–water partition coefficient (Wildman–Crippen LogP) is 4.47. The fourth-order valence-corrected chi connectivity index (χ4v) is 4.68. The first-order valence-corrected chi connectivity index (χ1v) is 12.4. The molecule has 1 saturated heterocycles. The van der Waals surface area contributed by atoms with Crippen molar-refractivity contribution in [1.82, 2.24) is 29.5 Å². The van der Waals surface area contributed by atoms with Gasteiger partial charge in [-0.05, 0) is 33.3 Å². The fraction of sp³-hybridized carbons (Fsp3) is 0.560. The summed E-state index contributed by atoms with van der Waals surface area (Å²) in [5.74, 6) is -2.56. The summed E-state index contributed by atoms with van der Waals surface area (Å²) in [6.07, 6.45) is 0.933. The lowest BCUT2D eigenvalue weighted by molar-refractivity contribution is -0.0881. The Morgan fingerprint density at radius 2 is 2.00 bits per heavy atom. The minimum atomic E-state index is -2.70. The van der Waals surface area contributed by atoms with Gasteiger partial charge in [0.05, 0.1) is 25.0 Å². The first-order valence-electron chi connectivity index (χ1n) is 12.4. The molecule has 1 aliphatic heterocycles. The van der Waals surface area contributed by atoms with E-state index in [2.05, 4.69) is 25.4 Å². The van der Waals surface area contributed by atoms with Crippen molar-refractivity contribution in [2.45, 2.75) is 69.7 Å². The van der Waals surface area contributed by atoms with Gasteiger partial charge in [-0.2, -0.15) is 5.10 Å². The summed E-state index contributed by atoms with van der Waals surface area (Å²) in [6.45, 7) is 5.67. The topological polar surface area (TPSA) is 107 Å². The molecule has 0 radical (unpaired) electrons. The fourth-order valence-electron chi connectivity index (χ4n) is 4.68. The average molecular weight is 534 g/mol. The molecule has 4 heterocycles. The van der Waals surface area contributed by atoms with E-state index < -0.39 is 35.7 Å². The summed E-state index contributed by atoms with van der Waals surface area (Å²) in [5, 5.41) is 7.59. The number of aromatic nitrogens is 5. The third kappa shape index (κ3) is 5.32. The molecule has 3 aromatic heterocycles. The highest BCUT2D eigenvalue weighted by atomic mass is 19.3. The number of halogens is 3. The van der Waals surface area contributed by atoms with Crippen LogP contribution < -0.4 is 10.1 Å². The van der Waals surface area contributed by atoms with Crippen LogP contribution in [0.4, 0.5) is 23.9 Å². The van der Waals surface area contributed by atoms with E-state index in [9.17, 15) is 18.0 Å². The Balaban J connectivity index is 1.38. The summed E-state index contributed by atoms with van der Waals surface area (Å²) in [7, 11) is 1.47. The number of anilines is 1.